The molecule has 4 aromatic carbocycles. The molecule has 63 heavy (non-hydrogen) atoms. The molecule has 0 heterocycles. The van der Waals surface area contributed by atoms with Gasteiger partial charge in [0.05, 0.1) is 15.6 Å². The highest BCUT2D eigenvalue weighted by atomic mass is 79.9. The molecule has 2 fully saturated rings. The molecule has 6 rings (SSSR count). The summed E-state index contributed by atoms with van der Waals surface area (Å²) in [4.78, 5) is 0. The highest BCUT2D eigenvalue weighted by Gasteiger charge is 2.37. The third-order valence-electron chi connectivity index (χ3n) is 11.6. The van der Waals surface area contributed by atoms with E-state index in [-0.39, 0.29) is 29.3 Å². The first-order valence-corrected chi connectivity index (χ1v) is 20.9. The molecule has 0 atom stereocenters. The van der Waals surface area contributed by atoms with Crippen molar-refractivity contribution in [3.8, 4) is 16.9 Å². The summed E-state index contributed by atoms with van der Waals surface area (Å²) in [6.45, 7) is 4.28. The van der Waals surface area contributed by atoms with Crippen LogP contribution in [0.25, 0.3) is 11.1 Å². The zero-order valence-electron chi connectivity index (χ0n) is 33.6. The van der Waals surface area contributed by atoms with Gasteiger partial charge in [-0.1, -0.05) is 71.2 Å². The number of hydrogen-bond donors (Lipinski definition) is 3. The van der Waals surface area contributed by atoms with E-state index in [1.807, 2.05) is 0 Å². The first-order valence-electron chi connectivity index (χ1n) is 20.1. The van der Waals surface area contributed by atoms with Crippen molar-refractivity contribution in [3.63, 3.8) is 0 Å². The number of phenols is 1. The van der Waals surface area contributed by atoms with Crippen LogP contribution in [0.15, 0.2) is 53.0 Å². The number of aromatic hydroxyl groups is 1. The molecule has 18 heteroatoms. The Hall–Kier alpha value is -3.77. The van der Waals surface area contributed by atoms with Crippen LogP contribution in [0.1, 0.15) is 132 Å². The number of rotatable bonds is 8. The second kappa shape index (κ2) is 22.9. The van der Waals surface area contributed by atoms with Crippen molar-refractivity contribution < 1.29 is 72.2 Å². The van der Waals surface area contributed by atoms with Crippen molar-refractivity contribution >= 4 is 28.5 Å². The minimum Gasteiger partial charge on any atom is -0.504 e. The molecular formula is C45H49BBrF13O3. The number of alkyl halides is 6. The molecule has 2 aliphatic carbocycles. The van der Waals surface area contributed by atoms with Crippen LogP contribution in [0.3, 0.4) is 0 Å². The van der Waals surface area contributed by atoms with Gasteiger partial charge in [0.25, 0.3) is 0 Å². The van der Waals surface area contributed by atoms with Crippen molar-refractivity contribution in [2.75, 3.05) is 0 Å². The lowest BCUT2D eigenvalue weighted by Gasteiger charge is -2.29. The highest BCUT2D eigenvalue weighted by Crippen LogP contribution is 2.44. The minimum atomic E-state index is -5.01. The molecule has 0 spiro atoms. The topological polar surface area (TPSA) is 60.7 Å². The SMILES string of the molecule is C.CCCC1CCC(c2ccc(-c3ccc(C(F)(F)F)c(F)c3O)c(F)c2F)CC1.CCCC1CCC(c2ccc(B(O)O)c(F)c2F)CC1.Fc1c(Br)ccc(C(F)(F)F)c1F. The third-order valence-corrected chi connectivity index (χ3v) is 12.2. The molecule has 0 amide bonds. The maximum absolute atomic E-state index is 14.7. The number of halogens is 14. The fourth-order valence-corrected chi connectivity index (χ4v) is 8.57. The van der Waals surface area contributed by atoms with Gasteiger partial charge in [0.1, 0.15) is 0 Å². The molecule has 0 bridgehead atoms. The van der Waals surface area contributed by atoms with Crippen molar-refractivity contribution in [3.05, 3.63) is 116 Å². The Morgan fingerprint density at radius 3 is 1.38 bits per heavy atom. The smallest absolute Gasteiger partial charge is 0.491 e. The molecule has 2 aliphatic rings. The summed E-state index contributed by atoms with van der Waals surface area (Å²) in [7, 11) is -1.97. The van der Waals surface area contributed by atoms with Gasteiger partial charge in [-0.2, -0.15) is 26.3 Å². The molecule has 4 aromatic rings. The van der Waals surface area contributed by atoms with E-state index in [2.05, 4.69) is 29.8 Å². The van der Waals surface area contributed by atoms with E-state index >= 15 is 0 Å². The molecule has 0 radical (unpaired) electrons. The van der Waals surface area contributed by atoms with Crippen molar-refractivity contribution in [1.82, 2.24) is 0 Å². The van der Waals surface area contributed by atoms with E-state index in [0.29, 0.717) is 29.5 Å². The third kappa shape index (κ3) is 13.2. The fourth-order valence-electron chi connectivity index (χ4n) is 8.27. The maximum atomic E-state index is 14.7. The summed E-state index contributed by atoms with van der Waals surface area (Å²) < 4.78 is 170. The molecule has 0 aromatic heterocycles. The van der Waals surface area contributed by atoms with Crippen molar-refractivity contribution in [2.24, 2.45) is 11.8 Å². The summed E-state index contributed by atoms with van der Waals surface area (Å²) in [5, 5.41) is 27.8. The van der Waals surface area contributed by atoms with Crippen molar-refractivity contribution in [1.29, 1.82) is 0 Å². The molecule has 3 N–H and O–H groups in total. The van der Waals surface area contributed by atoms with Gasteiger partial charge in [-0.25, -0.2) is 30.7 Å². The summed E-state index contributed by atoms with van der Waals surface area (Å²) in [5.74, 6) is -9.92. The van der Waals surface area contributed by atoms with Gasteiger partial charge >= 0.3 is 19.5 Å². The molecule has 3 nitrogen and oxygen atoms in total. The van der Waals surface area contributed by atoms with Crippen LogP contribution in [-0.2, 0) is 12.4 Å². The normalized spacial score (nSPS) is 19.0. The van der Waals surface area contributed by atoms with Gasteiger partial charge in [-0.15, -0.1) is 0 Å². The Balaban J connectivity index is 0.000000270. The Morgan fingerprint density at radius 2 is 0.937 bits per heavy atom. The largest absolute Gasteiger partial charge is 0.504 e. The number of phenolic OH excluding ortho intramolecular Hbond substituents is 1. The zero-order valence-corrected chi connectivity index (χ0v) is 35.2. The van der Waals surface area contributed by atoms with Crippen LogP contribution in [0.2, 0.25) is 0 Å². The molecule has 2 saturated carbocycles. The predicted octanol–water partition coefficient (Wildman–Crippen LogP) is 14.7. The van der Waals surface area contributed by atoms with Gasteiger partial charge in [-0.05, 0) is 126 Å². The van der Waals surface area contributed by atoms with Gasteiger partial charge in [0.15, 0.2) is 46.5 Å². The molecule has 0 saturated heterocycles. The molecule has 348 valence electrons. The second-order valence-electron chi connectivity index (χ2n) is 15.6. The van der Waals surface area contributed by atoms with Gasteiger partial charge < -0.3 is 15.2 Å². The van der Waals surface area contributed by atoms with Crippen LogP contribution in [0, 0.1) is 52.6 Å². The van der Waals surface area contributed by atoms with Gasteiger partial charge in [0.2, 0.25) is 0 Å². The zero-order chi connectivity index (χ0) is 46.3. The summed E-state index contributed by atoms with van der Waals surface area (Å²) >= 11 is 2.56. The molecule has 0 aliphatic heterocycles. The monoisotopic (exact) mass is 974 g/mol. The summed E-state index contributed by atoms with van der Waals surface area (Å²) in [5.41, 5.74) is -4.07. The highest BCUT2D eigenvalue weighted by molar-refractivity contribution is 9.10. The average Bonchev–Trinajstić information content (AvgIpc) is 3.20. The van der Waals surface area contributed by atoms with Gasteiger partial charge in [-0.3, -0.25) is 0 Å². The Kier molecular flexibility index (Phi) is 19.5. The average molecular weight is 976 g/mol. The van der Waals surface area contributed by atoms with Crippen LogP contribution in [0.5, 0.6) is 5.75 Å². The van der Waals surface area contributed by atoms with Crippen molar-refractivity contribution in [2.45, 2.75) is 123 Å². The lowest BCUT2D eigenvalue weighted by atomic mass is 9.74. The van der Waals surface area contributed by atoms with E-state index in [0.717, 1.165) is 76.3 Å². The first-order chi connectivity index (χ1) is 29.0. The standard InChI is InChI=1S/C22H22F6O.C15H21BF2O2.C7H2BrF5.CH4/c1-2-3-12-4-6-13(7-5-12)14-8-9-15(19(24)18(14)23)16-10-11-17(22(26,27)28)20(25)21(16)29;1-2-3-10-4-6-11(7-5-10)12-8-9-13(16(19)20)15(18)14(12)17;8-4-2-1-3(7(11,12)13)5(9)6(4)10;/h8-13,29H,2-7H2,1H3;8-11,19-20H,2-7H2,1H3;1-2H;1H4. The van der Waals surface area contributed by atoms with Crippen LogP contribution in [0.4, 0.5) is 57.1 Å². The minimum absolute atomic E-state index is 0. The fraction of sp³-hybridized carbons (Fsp3) is 0.467. The van der Waals surface area contributed by atoms with E-state index in [1.165, 1.54) is 37.1 Å². The summed E-state index contributed by atoms with van der Waals surface area (Å²) in [6.07, 6.45) is 1.91. The first kappa shape index (κ1) is 53.6. The Labute approximate surface area is 367 Å². The van der Waals surface area contributed by atoms with E-state index in [4.69, 9.17) is 10.0 Å². The Bertz CT molecular complexity index is 2130. The molecular weight excluding hydrogens is 926 g/mol. The summed E-state index contributed by atoms with van der Waals surface area (Å²) in [6, 6.07) is 7.78. The second-order valence-corrected chi connectivity index (χ2v) is 16.5. The molecule has 0 unspecified atom stereocenters. The quantitative estimate of drug-likeness (QED) is 0.0937. The van der Waals surface area contributed by atoms with E-state index < -0.39 is 93.7 Å². The Morgan fingerprint density at radius 1 is 0.524 bits per heavy atom. The van der Waals surface area contributed by atoms with Crippen LogP contribution in [-0.4, -0.2) is 22.3 Å². The van der Waals surface area contributed by atoms with Crippen LogP contribution >= 0.6 is 15.9 Å². The van der Waals surface area contributed by atoms with Gasteiger partial charge in [0, 0.05) is 16.6 Å². The maximum Gasteiger partial charge on any atom is 0.491 e. The van der Waals surface area contributed by atoms with Crippen LogP contribution < -0.4 is 5.46 Å². The lowest BCUT2D eigenvalue weighted by Crippen LogP contribution is -2.34. The lowest BCUT2D eigenvalue weighted by molar-refractivity contribution is -0.141. The number of benzene rings is 4. The van der Waals surface area contributed by atoms with E-state index in [9.17, 15) is 62.2 Å². The predicted molar refractivity (Wildman–Crippen MR) is 220 cm³/mol. The van der Waals surface area contributed by atoms with E-state index in [1.54, 1.807) is 0 Å². The number of hydrogen-bond acceptors (Lipinski definition) is 3.